The Hall–Kier alpha value is -3.00. The first-order chi connectivity index (χ1) is 15.7. The van der Waals surface area contributed by atoms with E-state index in [9.17, 15) is 18.0 Å². The summed E-state index contributed by atoms with van der Waals surface area (Å²) in [6.45, 7) is 1.37. The Kier molecular flexibility index (Phi) is 10.3. The van der Waals surface area contributed by atoms with Gasteiger partial charge in [-0.05, 0) is 62.8 Å². The summed E-state index contributed by atoms with van der Waals surface area (Å²) in [6.07, 6.45) is 11.8. The molecule has 10 heteroatoms. The normalized spacial score (nSPS) is 12.6. The van der Waals surface area contributed by atoms with Gasteiger partial charge in [-0.2, -0.15) is 13.5 Å². The zero-order valence-corrected chi connectivity index (χ0v) is 19.5. The fourth-order valence-corrected chi connectivity index (χ4v) is 3.56. The number of nitrogens with zero attached hydrogens (tertiary/aromatic N) is 1. The van der Waals surface area contributed by atoms with E-state index in [0.717, 1.165) is 73.1 Å². The highest BCUT2D eigenvalue weighted by Gasteiger charge is 2.19. The van der Waals surface area contributed by atoms with Crippen molar-refractivity contribution in [3.05, 3.63) is 45.7 Å². The van der Waals surface area contributed by atoms with Crippen molar-refractivity contribution < 1.29 is 17.8 Å². The van der Waals surface area contributed by atoms with E-state index in [-0.39, 0.29) is 11.5 Å². The number of nitrogens with one attached hydrogen (secondary N) is 3. The van der Waals surface area contributed by atoms with Crippen LogP contribution in [0.5, 0.6) is 0 Å². The summed E-state index contributed by atoms with van der Waals surface area (Å²) in [6, 6.07) is 7.65. The molecule has 1 aliphatic rings. The number of benzene rings is 1. The van der Waals surface area contributed by atoms with Crippen LogP contribution < -0.4 is 16.2 Å². The minimum Gasteiger partial charge on any atom is -0.326 e. The van der Waals surface area contributed by atoms with Gasteiger partial charge in [-0.1, -0.05) is 18.1 Å². The van der Waals surface area contributed by atoms with Crippen LogP contribution in [0, 0.1) is 12.3 Å². The molecule has 33 heavy (non-hydrogen) atoms. The molecule has 0 aliphatic heterocycles. The fraction of sp³-hybridized carbons (Fsp3) is 0.435. The van der Waals surface area contributed by atoms with Crippen LogP contribution in [0.15, 0.2) is 29.1 Å². The van der Waals surface area contributed by atoms with Crippen molar-refractivity contribution in [1.29, 1.82) is 0 Å². The van der Waals surface area contributed by atoms with E-state index in [1.165, 1.54) is 0 Å². The second-order valence-electron chi connectivity index (χ2n) is 7.77. The molecule has 1 heterocycles. The number of unbranched alkanes of at least 4 members (excludes halogenated alkanes) is 1. The number of carbonyl (C=O) groups excluding carboxylic acids is 1. The molecule has 0 bridgehead atoms. The third-order valence-corrected chi connectivity index (χ3v) is 4.95. The largest absolute Gasteiger partial charge is 0.326 e. The molecule has 4 N–H and O–H groups in total. The van der Waals surface area contributed by atoms with Gasteiger partial charge in [0.2, 0.25) is 5.91 Å². The molecule has 2 aromatic rings. The average molecular weight is 475 g/mol. The average Bonchev–Trinajstić information content (AvgIpc) is 2.76. The van der Waals surface area contributed by atoms with E-state index < -0.39 is 10.1 Å². The molecule has 0 unspecified atom stereocenters. The topological polar surface area (TPSA) is 141 Å². The Morgan fingerprint density at radius 1 is 1.24 bits per heavy atom. The predicted octanol–water partition coefficient (Wildman–Crippen LogP) is 2.15. The van der Waals surface area contributed by atoms with Gasteiger partial charge in [0.1, 0.15) is 0 Å². The third kappa shape index (κ3) is 9.57. The smallest absolute Gasteiger partial charge is 0.267 e. The molecular formula is C23H30N4O5S. The number of aromatic amines is 1. The van der Waals surface area contributed by atoms with Gasteiger partial charge in [-0.15, -0.1) is 6.42 Å². The fourth-order valence-electron chi connectivity index (χ4n) is 3.56. The summed E-state index contributed by atoms with van der Waals surface area (Å²) in [5.41, 5.74) is 4.27. The van der Waals surface area contributed by atoms with Crippen LogP contribution in [0.3, 0.4) is 0 Å². The van der Waals surface area contributed by atoms with Gasteiger partial charge in [0.25, 0.3) is 15.7 Å². The number of amides is 1. The van der Waals surface area contributed by atoms with Crippen LogP contribution in [0.1, 0.15) is 43.2 Å². The minimum absolute atomic E-state index is 0.00874. The molecule has 1 amide bonds. The van der Waals surface area contributed by atoms with Gasteiger partial charge >= 0.3 is 0 Å². The number of H-pyrrole nitrogens is 1. The summed E-state index contributed by atoms with van der Waals surface area (Å²) < 4.78 is 25.9. The zero-order valence-electron chi connectivity index (χ0n) is 18.7. The van der Waals surface area contributed by atoms with Crippen molar-refractivity contribution in [2.24, 2.45) is 0 Å². The van der Waals surface area contributed by atoms with Gasteiger partial charge in [0.05, 0.1) is 18.5 Å². The Morgan fingerprint density at radius 3 is 2.64 bits per heavy atom. The van der Waals surface area contributed by atoms with Crippen LogP contribution in [0.4, 0.5) is 5.69 Å². The van der Waals surface area contributed by atoms with Gasteiger partial charge in [0.15, 0.2) is 0 Å². The van der Waals surface area contributed by atoms with E-state index in [0.29, 0.717) is 19.2 Å². The molecular weight excluding hydrogens is 444 g/mol. The number of anilines is 1. The molecule has 0 spiro atoms. The molecule has 3 rings (SSSR count). The first-order valence-corrected chi connectivity index (χ1v) is 12.6. The van der Waals surface area contributed by atoms with Crippen molar-refractivity contribution in [2.45, 2.75) is 44.9 Å². The van der Waals surface area contributed by atoms with E-state index in [4.69, 9.17) is 11.0 Å². The van der Waals surface area contributed by atoms with Crippen molar-refractivity contribution in [1.82, 2.24) is 15.5 Å². The lowest BCUT2D eigenvalue weighted by molar-refractivity contribution is -0.116. The number of aromatic nitrogens is 2. The molecule has 0 fully saturated rings. The molecule has 1 aliphatic carbocycles. The number of hydrogen-bond donors (Lipinski definition) is 4. The molecule has 9 nitrogen and oxygen atoms in total. The Labute approximate surface area is 194 Å². The van der Waals surface area contributed by atoms with Gasteiger partial charge in [0, 0.05) is 23.2 Å². The van der Waals surface area contributed by atoms with E-state index >= 15 is 0 Å². The maximum absolute atomic E-state index is 12.2. The molecule has 0 atom stereocenters. The van der Waals surface area contributed by atoms with Gasteiger partial charge in [-0.3, -0.25) is 14.1 Å². The van der Waals surface area contributed by atoms with Crippen molar-refractivity contribution >= 4 is 21.7 Å². The van der Waals surface area contributed by atoms with Crippen LogP contribution >= 0.6 is 0 Å². The number of hydrogen-bond acceptors (Lipinski definition) is 6. The van der Waals surface area contributed by atoms with Crippen LogP contribution in [0.2, 0.25) is 0 Å². The lowest BCUT2D eigenvalue weighted by Gasteiger charge is -2.17. The summed E-state index contributed by atoms with van der Waals surface area (Å²) in [4.78, 5) is 24.3. The van der Waals surface area contributed by atoms with E-state index in [1.54, 1.807) is 0 Å². The lowest BCUT2D eigenvalue weighted by Crippen LogP contribution is -2.21. The number of fused-ring (bicyclic) bond motifs is 1. The van der Waals surface area contributed by atoms with Gasteiger partial charge in [-0.25, -0.2) is 5.10 Å². The number of terminal acetylenes is 1. The summed E-state index contributed by atoms with van der Waals surface area (Å²) in [7, 11) is -3.67. The van der Waals surface area contributed by atoms with Crippen molar-refractivity contribution in [3.8, 4) is 23.6 Å². The lowest BCUT2D eigenvalue weighted by atomic mass is 9.90. The second-order valence-corrected chi connectivity index (χ2v) is 9.23. The third-order valence-electron chi connectivity index (χ3n) is 4.95. The Balaban J connectivity index is 0.000000696. The molecule has 1 aromatic carbocycles. The first kappa shape index (κ1) is 26.3. The standard InChI is InChI=1S/C22H26N4O2.CH4O3S/c1-2-13-23-14-6-5-12-20(27)24-17-9-7-8-16(15-17)21-18-10-3-4-11-19(18)22(28)26-25-21;1-5(2,3)4/h1,7-9,15,23H,3-6,10-14H2,(H,24,27)(H,26,28);1H3,(H,2,3,4). The maximum Gasteiger partial charge on any atom is 0.267 e. The monoisotopic (exact) mass is 474 g/mol. The van der Waals surface area contributed by atoms with Crippen molar-refractivity contribution in [2.75, 3.05) is 24.7 Å². The molecule has 0 saturated heterocycles. The summed E-state index contributed by atoms with van der Waals surface area (Å²) in [5.74, 6) is 2.52. The quantitative estimate of drug-likeness (QED) is 0.261. The van der Waals surface area contributed by atoms with Crippen LogP contribution in [0.25, 0.3) is 11.3 Å². The zero-order chi connectivity index (χ0) is 24.3. The minimum atomic E-state index is -3.67. The highest BCUT2D eigenvalue weighted by Crippen LogP contribution is 2.29. The molecule has 0 saturated carbocycles. The maximum atomic E-state index is 12.2. The van der Waals surface area contributed by atoms with Crippen LogP contribution in [-0.2, 0) is 27.8 Å². The SMILES string of the molecule is C#CCNCCCCC(=O)Nc1cccc(-c2n[nH]c(=O)c3c2CCCC3)c1.CS(=O)(=O)O. The van der Waals surface area contributed by atoms with E-state index in [1.807, 2.05) is 24.3 Å². The predicted molar refractivity (Wildman–Crippen MR) is 129 cm³/mol. The number of carbonyl (C=O) groups is 1. The van der Waals surface area contributed by atoms with Crippen LogP contribution in [-0.4, -0.2) is 48.4 Å². The number of rotatable bonds is 8. The molecule has 0 radical (unpaired) electrons. The Bertz CT molecular complexity index is 1140. The summed E-state index contributed by atoms with van der Waals surface area (Å²) >= 11 is 0. The van der Waals surface area contributed by atoms with E-state index in [2.05, 4.69) is 26.8 Å². The highest BCUT2D eigenvalue weighted by atomic mass is 32.2. The highest BCUT2D eigenvalue weighted by molar-refractivity contribution is 7.85. The Morgan fingerprint density at radius 2 is 1.94 bits per heavy atom. The van der Waals surface area contributed by atoms with Crippen molar-refractivity contribution in [3.63, 3.8) is 0 Å². The summed E-state index contributed by atoms with van der Waals surface area (Å²) in [5, 5.41) is 13.0. The first-order valence-electron chi connectivity index (χ1n) is 10.8. The second kappa shape index (κ2) is 12.9. The molecule has 178 valence electrons. The van der Waals surface area contributed by atoms with Gasteiger partial charge < -0.3 is 10.6 Å². The molecule has 1 aromatic heterocycles.